The third-order valence-corrected chi connectivity index (χ3v) is 2.40. The van der Waals surface area contributed by atoms with Crippen molar-refractivity contribution in [1.82, 2.24) is 4.98 Å². The van der Waals surface area contributed by atoms with Crippen molar-refractivity contribution in [3.8, 4) is 0 Å². The molecule has 5 heteroatoms. The first kappa shape index (κ1) is 10.9. The Balaban J connectivity index is 1.87. The summed E-state index contributed by atoms with van der Waals surface area (Å²) < 4.78 is 10.4. The molecule has 0 bridgehead atoms. The molecule has 2 rings (SSSR count). The van der Waals surface area contributed by atoms with Gasteiger partial charge in [-0.1, -0.05) is 6.07 Å². The van der Waals surface area contributed by atoms with E-state index in [1.807, 2.05) is 0 Å². The molecule has 1 aromatic heterocycles. The van der Waals surface area contributed by atoms with Gasteiger partial charge < -0.3 is 15.2 Å². The quantitative estimate of drug-likeness (QED) is 0.772. The summed E-state index contributed by atoms with van der Waals surface area (Å²) in [5.41, 5.74) is 5.71. The fourth-order valence-corrected chi connectivity index (χ4v) is 1.58. The van der Waals surface area contributed by atoms with Gasteiger partial charge in [-0.25, -0.2) is 9.78 Å². The first-order valence-corrected chi connectivity index (χ1v) is 5.27. The summed E-state index contributed by atoms with van der Waals surface area (Å²) in [5.74, 6) is -0.144. The number of hydrogen-bond donors (Lipinski definition) is 1. The maximum absolute atomic E-state index is 11.6. The highest BCUT2D eigenvalue weighted by atomic mass is 16.6. The Morgan fingerprint density at radius 3 is 3.19 bits per heavy atom. The molecule has 2 heterocycles. The molecule has 0 saturated carbocycles. The van der Waals surface area contributed by atoms with E-state index in [1.54, 1.807) is 18.2 Å². The summed E-state index contributed by atoms with van der Waals surface area (Å²) in [6.07, 6.45) is 2.00. The highest BCUT2D eigenvalue weighted by Gasteiger charge is 2.18. The van der Waals surface area contributed by atoms with Gasteiger partial charge in [0.2, 0.25) is 0 Å². The van der Waals surface area contributed by atoms with Crippen LogP contribution in [0.2, 0.25) is 0 Å². The van der Waals surface area contributed by atoms with Crippen molar-refractivity contribution in [2.75, 3.05) is 18.9 Å². The monoisotopic (exact) mass is 222 g/mol. The highest BCUT2D eigenvalue weighted by Crippen LogP contribution is 2.12. The lowest BCUT2D eigenvalue weighted by atomic mass is 10.2. The van der Waals surface area contributed by atoms with E-state index in [0.717, 1.165) is 19.4 Å². The average molecular weight is 222 g/mol. The number of aromatic nitrogens is 1. The van der Waals surface area contributed by atoms with Crippen LogP contribution in [0, 0.1) is 0 Å². The summed E-state index contributed by atoms with van der Waals surface area (Å²) in [7, 11) is 0. The highest BCUT2D eigenvalue weighted by molar-refractivity contribution is 5.87. The van der Waals surface area contributed by atoms with E-state index in [0.29, 0.717) is 5.82 Å². The van der Waals surface area contributed by atoms with Crippen molar-refractivity contribution in [2.45, 2.75) is 18.9 Å². The van der Waals surface area contributed by atoms with E-state index in [9.17, 15) is 4.79 Å². The minimum absolute atomic E-state index is 0.0324. The van der Waals surface area contributed by atoms with Crippen molar-refractivity contribution in [3.63, 3.8) is 0 Å². The molecular formula is C11H14N2O3. The number of nitrogen functional groups attached to an aromatic ring is 1. The fraction of sp³-hybridized carbons (Fsp3) is 0.455. The van der Waals surface area contributed by atoms with Gasteiger partial charge in [-0.2, -0.15) is 0 Å². The van der Waals surface area contributed by atoms with Crippen LogP contribution in [0.1, 0.15) is 23.3 Å². The second-order valence-electron chi connectivity index (χ2n) is 3.68. The summed E-state index contributed by atoms with van der Waals surface area (Å²) in [4.78, 5) is 15.4. The lowest BCUT2D eigenvalue weighted by molar-refractivity contribution is 0.0156. The van der Waals surface area contributed by atoms with Crippen molar-refractivity contribution in [2.24, 2.45) is 0 Å². The van der Waals surface area contributed by atoms with Crippen molar-refractivity contribution in [1.29, 1.82) is 0 Å². The standard InChI is InChI=1S/C11H14N2O3/c12-10-5-1-4-9(13-10)11(14)16-7-8-3-2-6-15-8/h1,4-5,8H,2-3,6-7H2,(H2,12,13). The van der Waals surface area contributed by atoms with Crippen LogP contribution in [-0.4, -0.2) is 30.3 Å². The SMILES string of the molecule is Nc1cccc(C(=O)OCC2CCCO2)n1. The first-order valence-electron chi connectivity index (χ1n) is 5.27. The second-order valence-corrected chi connectivity index (χ2v) is 3.68. The fourth-order valence-electron chi connectivity index (χ4n) is 1.58. The van der Waals surface area contributed by atoms with Crippen molar-refractivity contribution >= 4 is 11.8 Å². The maximum atomic E-state index is 11.6. The molecule has 1 aromatic rings. The van der Waals surface area contributed by atoms with Gasteiger partial charge in [-0.05, 0) is 25.0 Å². The molecule has 0 amide bonds. The predicted octanol–water partition coefficient (Wildman–Crippen LogP) is 1.000. The third kappa shape index (κ3) is 2.70. The zero-order valence-electron chi connectivity index (χ0n) is 8.89. The van der Waals surface area contributed by atoms with E-state index in [4.69, 9.17) is 15.2 Å². The molecule has 1 unspecified atom stereocenters. The molecule has 2 N–H and O–H groups in total. The molecule has 5 nitrogen and oxygen atoms in total. The maximum Gasteiger partial charge on any atom is 0.357 e. The Kier molecular flexibility index (Phi) is 3.36. The van der Waals surface area contributed by atoms with E-state index in [2.05, 4.69) is 4.98 Å². The number of hydrogen-bond acceptors (Lipinski definition) is 5. The van der Waals surface area contributed by atoms with Gasteiger partial charge in [-0.3, -0.25) is 0 Å². The number of carbonyl (C=O) groups is 1. The zero-order valence-corrected chi connectivity index (χ0v) is 8.89. The number of rotatable bonds is 3. The van der Waals surface area contributed by atoms with Crippen LogP contribution < -0.4 is 5.73 Å². The normalized spacial score (nSPS) is 19.6. The molecular weight excluding hydrogens is 208 g/mol. The molecule has 1 fully saturated rings. The lowest BCUT2D eigenvalue weighted by Gasteiger charge is -2.09. The summed E-state index contributed by atoms with van der Waals surface area (Å²) in [6, 6.07) is 4.87. The zero-order chi connectivity index (χ0) is 11.4. The minimum atomic E-state index is -0.456. The van der Waals surface area contributed by atoms with Crippen LogP contribution in [-0.2, 0) is 9.47 Å². The Bertz CT molecular complexity index is 375. The van der Waals surface area contributed by atoms with Gasteiger partial charge >= 0.3 is 5.97 Å². The molecule has 0 spiro atoms. The Labute approximate surface area is 93.6 Å². The van der Waals surface area contributed by atoms with Gasteiger partial charge in [-0.15, -0.1) is 0 Å². The van der Waals surface area contributed by atoms with Crippen LogP contribution in [0.3, 0.4) is 0 Å². The topological polar surface area (TPSA) is 74.4 Å². The van der Waals surface area contributed by atoms with Gasteiger partial charge in [0, 0.05) is 6.61 Å². The predicted molar refractivity (Wildman–Crippen MR) is 57.9 cm³/mol. The molecule has 1 atom stereocenters. The molecule has 16 heavy (non-hydrogen) atoms. The molecule has 0 aliphatic carbocycles. The minimum Gasteiger partial charge on any atom is -0.458 e. The van der Waals surface area contributed by atoms with Gasteiger partial charge in [0.25, 0.3) is 0 Å². The van der Waals surface area contributed by atoms with Crippen molar-refractivity contribution < 1.29 is 14.3 Å². The number of anilines is 1. The van der Waals surface area contributed by atoms with Crippen LogP contribution in [0.15, 0.2) is 18.2 Å². The van der Waals surface area contributed by atoms with Crippen LogP contribution >= 0.6 is 0 Å². The average Bonchev–Trinajstić information content (AvgIpc) is 2.78. The molecule has 0 aromatic carbocycles. The molecule has 86 valence electrons. The number of nitrogens with zero attached hydrogens (tertiary/aromatic N) is 1. The van der Waals surface area contributed by atoms with Crippen LogP contribution in [0.4, 0.5) is 5.82 Å². The Hall–Kier alpha value is -1.62. The molecule has 0 radical (unpaired) electrons. The van der Waals surface area contributed by atoms with Crippen LogP contribution in [0.25, 0.3) is 0 Å². The molecule has 1 aliphatic rings. The van der Waals surface area contributed by atoms with Gasteiger partial charge in [0.15, 0.2) is 5.69 Å². The number of esters is 1. The van der Waals surface area contributed by atoms with Crippen molar-refractivity contribution in [3.05, 3.63) is 23.9 Å². The summed E-state index contributed by atoms with van der Waals surface area (Å²) >= 11 is 0. The van der Waals surface area contributed by atoms with Gasteiger partial charge in [0.05, 0.1) is 6.10 Å². The third-order valence-electron chi connectivity index (χ3n) is 2.40. The number of nitrogens with two attached hydrogens (primary N) is 1. The van der Waals surface area contributed by atoms with E-state index in [-0.39, 0.29) is 18.4 Å². The van der Waals surface area contributed by atoms with Gasteiger partial charge in [0.1, 0.15) is 12.4 Å². The Morgan fingerprint density at radius 2 is 2.50 bits per heavy atom. The van der Waals surface area contributed by atoms with E-state index in [1.165, 1.54) is 0 Å². The number of carbonyl (C=O) groups excluding carboxylic acids is 1. The molecule has 1 saturated heterocycles. The van der Waals surface area contributed by atoms with E-state index < -0.39 is 5.97 Å². The smallest absolute Gasteiger partial charge is 0.357 e. The van der Waals surface area contributed by atoms with Crippen LogP contribution in [0.5, 0.6) is 0 Å². The Morgan fingerprint density at radius 1 is 1.62 bits per heavy atom. The van der Waals surface area contributed by atoms with E-state index >= 15 is 0 Å². The number of pyridine rings is 1. The largest absolute Gasteiger partial charge is 0.458 e. The summed E-state index contributed by atoms with van der Waals surface area (Å²) in [5, 5.41) is 0. The summed E-state index contributed by atoms with van der Waals surface area (Å²) in [6.45, 7) is 1.04. The number of ether oxygens (including phenoxy) is 2. The second kappa shape index (κ2) is 4.94. The molecule has 1 aliphatic heterocycles. The lowest BCUT2D eigenvalue weighted by Crippen LogP contribution is -2.18. The first-order chi connectivity index (χ1) is 7.75.